The molecule has 134 valence electrons. The second-order valence-electron chi connectivity index (χ2n) is 6.33. The molecule has 1 atom stereocenters. The molecule has 3 rings (SSSR count). The lowest BCUT2D eigenvalue weighted by Crippen LogP contribution is -2.52. The smallest absolute Gasteiger partial charge is 0.0951 e. The van der Waals surface area contributed by atoms with Crippen LogP contribution in [-0.4, -0.2) is 29.8 Å². The van der Waals surface area contributed by atoms with Gasteiger partial charge in [-0.2, -0.15) is 11.8 Å². The van der Waals surface area contributed by atoms with Gasteiger partial charge in [0.25, 0.3) is 0 Å². The third-order valence-electron chi connectivity index (χ3n) is 4.63. The minimum absolute atomic E-state index is 0.0226. The molecule has 2 N–H and O–H groups in total. The van der Waals surface area contributed by atoms with E-state index in [0.29, 0.717) is 0 Å². The zero-order valence-electron chi connectivity index (χ0n) is 15.0. The molecule has 3 aromatic carbocycles. The van der Waals surface area contributed by atoms with Crippen molar-refractivity contribution in [2.24, 2.45) is 0 Å². The van der Waals surface area contributed by atoms with Crippen LogP contribution in [0.2, 0.25) is 0 Å². The molecule has 0 heterocycles. The number of hydrogen-bond acceptors (Lipinski definition) is 3. The molecule has 0 saturated heterocycles. The maximum atomic E-state index is 9.99. The van der Waals surface area contributed by atoms with Crippen LogP contribution in [-0.2, 0) is 5.54 Å². The van der Waals surface area contributed by atoms with Crippen LogP contribution in [0.1, 0.15) is 16.7 Å². The molecule has 0 amide bonds. The van der Waals surface area contributed by atoms with Gasteiger partial charge in [0.05, 0.1) is 12.1 Å². The number of benzene rings is 3. The first kappa shape index (κ1) is 18.7. The van der Waals surface area contributed by atoms with Gasteiger partial charge in [-0.05, 0) is 22.9 Å². The summed E-state index contributed by atoms with van der Waals surface area (Å²) in [5.74, 6) is 0.838. The topological polar surface area (TPSA) is 32.3 Å². The average Bonchev–Trinajstić information content (AvgIpc) is 2.73. The van der Waals surface area contributed by atoms with Crippen LogP contribution in [0.5, 0.6) is 0 Å². The minimum Gasteiger partial charge on any atom is -0.395 e. The highest BCUT2D eigenvalue weighted by Gasteiger charge is 2.37. The number of nitrogens with one attached hydrogen (secondary N) is 1. The third-order valence-corrected chi connectivity index (χ3v) is 5.36. The number of aliphatic hydroxyl groups is 1. The molecule has 0 fully saturated rings. The van der Waals surface area contributed by atoms with Gasteiger partial charge in [0, 0.05) is 11.8 Å². The van der Waals surface area contributed by atoms with Gasteiger partial charge in [0.15, 0.2) is 0 Å². The fourth-order valence-electron chi connectivity index (χ4n) is 3.46. The molecule has 0 aliphatic rings. The van der Waals surface area contributed by atoms with Gasteiger partial charge in [0.1, 0.15) is 0 Å². The Morgan fingerprint density at radius 1 is 0.769 bits per heavy atom. The van der Waals surface area contributed by atoms with E-state index in [4.69, 9.17) is 0 Å². The first-order chi connectivity index (χ1) is 12.8. The van der Waals surface area contributed by atoms with Crippen molar-refractivity contribution < 1.29 is 5.11 Å². The number of aliphatic hydroxyl groups excluding tert-OH is 1. The van der Waals surface area contributed by atoms with Crippen molar-refractivity contribution >= 4 is 11.8 Å². The molecule has 3 heteroatoms. The second-order valence-corrected chi connectivity index (χ2v) is 7.24. The van der Waals surface area contributed by atoms with Gasteiger partial charge in [-0.15, -0.1) is 0 Å². The van der Waals surface area contributed by atoms with Gasteiger partial charge in [-0.3, -0.25) is 5.32 Å². The highest BCUT2D eigenvalue weighted by molar-refractivity contribution is 7.98. The van der Waals surface area contributed by atoms with E-state index < -0.39 is 5.54 Å². The molecule has 0 bridgehead atoms. The maximum Gasteiger partial charge on any atom is 0.0951 e. The normalized spacial score (nSPS) is 12.7. The predicted molar refractivity (Wildman–Crippen MR) is 112 cm³/mol. The van der Waals surface area contributed by atoms with Crippen LogP contribution in [0.25, 0.3) is 0 Å². The molecule has 0 aliphatic carbocycles. The fourth-order valence-corrected chi connectivity index (χ4v) is 4.05. The Balaban J connectivity index is 2.24. The van der Waals surface area contributed by atoms with E-state index in [-0.39, 0.29) is 12.6 Å². The first-order valence-corrected chi connectivity index (χ1v) is 10.2. The van der Waals surface area contributed by atoms with E-state index >= 15 is 0 Å². The van der Waals surface area contributed by atoms with Crippen LogP contribution in [0.15, 0.2) is 91.0 Å². The van der Waals surface area contributed by atoms with E-state index in [1.807, 2.05) is 18.2 Å². The third kappa shape index (κ3) is 3.85. The molecule has 2 nitrogen and oxygen atoms in total. The van der Waals surface area contributed by atoms with E-state index in [1.165, 1.54) is 0 Å². The van der Waals surface area contributed by atoms with Gasteiger partial charge < -0.3 is 5.11 Å². The summed E-state index contributed by atoms with van der Waals surface area (Å²) in [6.45, 7) is 0.0924. The van der Waals surface area contributed by atoms with E-state index in [0.717, 1.165) is 22.4 Å². The predicted octanol–water partition coefficient (Wildman–Crippen LogP) is 4.29. The van der Waals surface area contributed by atoms with Crippen LogP contribution in [0.3, 0.4) is 0 Å². The Morgan fingerprint density at radius 2 is 1.15 bits per heavy atom. The molecular formula is C23H25NOS. The average molecular weight is 364 g/mol. The molecule has 0 aliphatic heterocycles. The Kier molecular flexibility index (Phi) is 6.51. The van der Waals surface area contributed by atoms with Crippen molar-refractivity contribution in [1.29, 1.82) is 0 Å². The standard InChI is InChI=1S/C23H25NOS/c1-26-18-22(17-25)24-23(19-11-5-2-6-12-19,20-13-7-3-8-14-20)21-15-9-4-10-16-21/h2-16,22,24-25H,17-18H2,1H3. The summed E-state index contributed by atoms with van der Waals surface area (Å²) in [7, 11) is 0. The number of thioether (sulfide) groups is 1. The van der Waals surface area contributed by atoms with Crippen LogP contribution >= 0.6 is 11.8 Å². The van der Waals surface area contributed by atoms with Gasteiger partial charge in [-0.25, -0.2) is 0 Å². The highest BCUT2D eigenvalue weighted by atomic mass is 32.2. The van der Waals surface area contributed by atoms with Crippen molar-refractivity contribution in [3.8, 4) is 0 Å². The molecule has 0 aromatic heterocycles. The summed E-state index contributed by atoms with van der Waals surface area (Å²) < 4.78 is 0. The van der Waals surface area contributed by atoms with E-state index in [1.54, 1.807) is 11.8 Å². The minimum atomic E-state index is -0.521. The second kappa shape index (κ2) is 9.04. The number of hydrogen-bond donors (Lipinski definition) is 2. The quantitative estimate of drug-likeness (QED) is 0.586. The zero-order chi connectivity index (χ0) is 18.2. The molecule has 1 unspecified atom stereocenters. The van der Waals surface area contributed by atoms with Crippen molar-refractivity contribution in [2.45, 2.75) is 11.6 Å². The monoisotopic (exact) mass is 363 g/mol. The maximum absolute atomic E-state index is 9.99. The van der Waals surface area contributed by atoms with Crippen LogP contribution in [0.4, 0.5) is 0 Å². The molecule has 0 saturated carbocycles. The van der Waals surface area contributed by atoms with Crippen molar-refractivity contribution in [2.75, 3.05) is 18.6 Å². The Labute approximate surface area is 160 Å². The Hall–Kier alpha value is -2.07. The molecule has 0 spiro atoms. The SMILES string of the molecule is CSCC(CO)NC(c1ccccc1)(c1ccccc1)c1ccccc1. The lowest BCUT2D eigenvalue weighted by Gasteiger charge is -2.39. The van der Waals surface area contributed by atoms with Crippen molar-refractivity contribution in [3.05, 3.63) is 108 Å². The van der Waals surface area contributed by atoms with Crippen LogP contribution < -0.4 is 5.32 Å². The summed E-state index contributed by atoms with van der Waals surface area (Å²) in [6, 6.07) is 31.4. The summed E-state index contributed by atoms with van der Waals surface area (Å²) in [5, 5.41) is 13.8. The lowest BCUT2D eigenvalue weighted by atomic mass is 9.76. The zero-order valence-corrected chi connectivity index (χ0v) is 15.8. The van der Waals surface area contributed by atoms with Crippen molar-refractivity contribution in [1.82, 2.24) is 5.32 Å². The highest BCUT2D eigenvalue weighted by Crippen LogP contribution is 2.37. The number of rotatable bonds is 8. The van der Waals surface area contributed by atoms with Gasteiger partial charge in [-0.1, -0.05) is 91.0 Å². The van der Waals surface area contributed by atoms with Crippen molar-refractivity contribution in [3.63, 3.8) is 0 Å². The van der Waals surface area contributed by atoms with Gasteiger partial charge >= 0.3 is 0 Å². The largest absolute Gasteiger partial charge is 0.395 e. The summed E-state index contributed by atoms with van der Waals surface area (Å²) in [4.78, 5) is 0. The molecule has 3 aromatic rings. The molecule has 26 heavy (non-hydrogen) atoms. The van der Waals surface area contributed by atoms with Crippen LogP contribution in [0, 0.1) is 0 Å². The Morgan fingerprint density at radius 3 is 1.46 bits per heavy atom. The van der Waals surface area contributed by atoms with E-state index in [9.17, 15) is 5.11 Å². The van der Waals surface area contributed by atoms with E-state index in [2.05, 4.69) is 84.4 Å². The molecule has 0 radical (unpaired) electrons. The summed E-state index contributed by atoms with van der Waals surface area (Å²) in [5.41, 5.74) is 2.97. The first-order valence-electron chi connectivity index (χ1n) is 8.85. The van der Waals surface area contributed by atoms with Gasteiger partial charge in [0.2, 0.25) is 0 Å². The summed E-state index contributed by atoms with van der Waals surface area (Å²) in [6.07, 6.45) is 2.07. The Bertz CT molecular complexity index is 680. The summed E-state index contributed by atoms with van der Waals surface area (Å²) >= 11 is 1.74. The molecular weight excluding hydrogens is 338 g/mol. The lowest BCUT2D eigenvalue weighted by molar-refractivity contribution is 0.234. The fraction of sp³-hybridized carbons (Fsp3) is 0.217.